The molecule has 0 aliphatic heterocycles. The van der Waals surface area contributed by atoms with Crippen LogP contribution in [0.1, 0.15) is 13.8 Å². The molecule has 1 N–H and O–H groups in total. The van der Waals surface area contributed by atoms with E-state index in [1.807, 2.05) is 13.8 Å². The number of hydrogen-bond acceptors (Lipinski definition) is 2. The van der Waals surface area contributed by atoms with E-state index in [-0.39, 0.29) is 0 Å². The van der Waals surface area contributed by atoms with Gasteiger partial charge in [0.1, 0.15) is 0 Å². The normalized spacial score (nSPS) is 13.7. The molecule has 0 atom stereocenters. The molecule has 0 saturated heterocycles. The Bertz CT molecular complexity index is 154. The van der Waals surface area contributed by atoms with Crippen LogP contribution in [0.15, 0.2) is 16.1 Å². The third-order valence-corrected chi connectivity index (χ3v) is 1.16. The van der Waals surface area contributed by atoms with Crippen molar-refractivity contribution in [1.82, 2.24) is 0 Å². The highest BCUT2D eigenvalue weighted by Crippen LogP contribution is 1.95. The molecular formula is C7H12N2. The van der Waals surface area contributed by atoms with E-state index in [1.165, 1.54) is 6.21 Å². The highest BCUT2D eigenvalue weighted by Gasteiger charge is 1.85. The van der Waals surface area contributed by atoms with Gasteiger partial charge in [-0.15, -0.1) is 0 Å². The molecule has 0 rings (SSSR count). The van der Waals surface area contributed by atoms with Crippen molar-refractivity contribution in [2.45, 2.75) is 13.8 Å². The number of rotatable bonds is 2. The van der Waals surface area contributed by atoms with Crippen molar-refractivity contribution in [1.29, 1.82) is 5.41 Å². The van der Waals surface area contributed by atoms with E-state index in [2.05, 4.69) is 4.99 Å². The van der Waals surface area contributed by atoms with Gasteiger partial charge in [-0.05, 0) is 25.0 Å². The van der Waals surface area contributed by atoms with Crippen molar-refractivity contribution < 1.29 is 0 Å². The molecule has 0 saturated carbocycles. The van der Waals surface area contributed by atoms with Gasteiger partial charge in [-0.3, -0.25) is 4.99 Å². The van der Waals surface area contributed by atoms with Crippen LogP contribution in [0.5, 0.6) is 0 Å². The third-order valence-electron chi connectivity index (χ3n) is 1.16. The van der Waals surface area contributed by atoms with Crippen LogP contribution in [0, 0.1) is 5.41 Å². The fourth-order valence-electron chi connectivity index (χ4n) is 0.409. The van der Waals surface area contributed by atoms with Gasteiger partial charge < -0.3 is 5.41 Å². The summed E-state index contributed by atoms with van der Waals surface area (Å²) in [6.45, 7) is 3.83. The molecular weight excluding hydrogens is 112 g/mol. The zero-order valence-electron chi connectivity index (χ0n) is 6.10. The maximum absolute atomic E-state index is 6.87. The predicted molar refractivity (Wildman–Crippen MR) is 41.6 cm³/mol. The average molecular weight is 124 g/mol. The summed E-state index contributed by atoms with van der Waals surface area (Å²) in [6, 6.07) is 0. The van der Waals surface area contributed by atoms with Gasteiger partial charge in [0.05, 0.1) is 0 Å². The largest absolute Gasteiger partial charge is 0.308 e. The van der Waals surface area contributed by atoms with Gasteiger partial charge in [-0.2, -0.15) is 0 Å². The Hall–Kier alpha value is -0.920. The Labute approximate surface area is 55.8 Å². The van der Waals surface area contributed by atoms with Crippen molar-refractivity contribution in [3.8, 4) is 0 Å². The lowest BCUT2D eigenvalue weighted by Crippen LogP contribution is -1.85. The lowest BCUT2D eigenvalue weighted by molar-refractivity contribution is 1.40. The molecule has 0 amide bonds. The summed E-state index contributed by atoms with van der Waals surface area (Å²) in [7, 11) is 1.72. The molecule has 0 unspecified atom stereocenters. The van der Waals surface area contributed by atoms with Crippen LogP contribution in [0.4, 0.5) is 0 Å². The molecule has 0 aromatic carbocycles. The first-order valence-electron chi connectivity index (χ1n) is 2.82. The summed E-state index contributed by atoms with van der Waals surface area (Å²) in [5.41, 5.74) is 2.01. The Morgan fingerprint density at radius 2 is 1.89 bits per heavy atom. The fourth-order valence-corrected chi connectivity index (χ4v) is 0.409. The van der Waals surface area contributed by atoms with E-state index in [1.54, 1.807) is 13.3 Å². The quantitative estimate of drug-likeness (QED) is 0.544. The van der Waals surface area contributed by atoms with E-state index in [9.17, 15) is 0 Å². The highest BCUT2D eigenvalue weighted by molar-refractivity contribution is 5.88. The Kier molecular flexibility index (Phi) is 3.60. The molecule has 0 spiro atoms. The lowest BCUT2D eigenvalue weighted by Gasteiger charge is -1.91. The molecule has 2 heteroatoms. The van der Waals surface area contributed by atoms with Crippen molar-refractivity contribution in [2.75, 3.05) is 7.05 Å². The molecule has 2 nitrogen and oxygen atoms in total. The molecule has 0 aliphatic rings. The van der Waals surface area contributed by atoms with Gasteiger partial charge >= 0.3 is 0 Å². The maximum atomic E-state index is 6.87. The van der Waals surface area contributed by atoms with Crippen LogP contribution in [-0.4, -0.2) is 19.5 Å². The van der Waals surface area contributed by atoms with Crippen LogP contribution in [-0.2, 0) is 0 Å². The van der Waals surface area contributed by atoms with Crippen molar-refractivity contribution >= 4 is 12.4 Å². The number of nitrogens with zero attached hydrogens (tertiary/aromatic N) is 1. The first kappa shape index (κ1) is 8.08. The molecule has 0 aliphatic carbocycles. The molecule has 50 valence electrons. The van der Waals surface area contributed by atoms with Crippen LogP contribution in [0.25, 0.3) is 0 Å². The van der Waals surface area contributed by atoms with Crippen molar-refractivity contribution in [2.24, 2.45) is 4.99 Å². The number of aliphatic imine (C=N–C) groups is 1. The first-order valence-corrected chi connectivity index (χ1v) is 2.82. The van der Waals surface area contributed by atoms with Gasteiger partial charge in [0, 0.05) is 19.5 Å². The van der Waals surface area contributed by atoms with Gasteiger partial charge in [-0.25, -0.2) is 0 Å². The molecule has 0 bridgehead atoms. The van der Waals surface area contributed by atoms with E-state index >= 15 is 0 Å². The van der Waals surface area contributed by atoms with Gasteiger partial charge in [0.2, 0.25) is 0 Å². The van der Waals surface area contributed by atoms with E-state index in [0.29, 0.717) is 0 Å². The second-order valence-electron chi connectivity index (χ2n) is 1.90. The van der Waals surface area contributed by atoms with Crippen LogP contribution >= 0.6 is 0 Å². The number of nitrogens with one attached hydrogen (secondary N) is 1. The minimum absolute atomic E-state index is 0.959. The van der Waals surface area contributed by atoms with E-state index < -0.39 is 0 Å². The van der Waals surface area contributed by atoms with Crippen LogP contribution in [0.2, 0.25) is 0 Å². The summed E-state index contributed by atoms with van der Waals surface area (Å²) >= 11 is 0. The summed E-state index contributed by atoms with van der Waals surface area (Å²) in [5, 5.41) is 6.87. The van der Waals surface area contributed by atoms with Crippen molar-refractivity contribution in [3.63, 3.8) is 0 Å². The number of allylic oxidation sites excluding steroid dienone is 2. The van der Waals surface area contributed by atoms with E-state index in [4.69, 9.17) is 5.41 Å². The van der Waals surface area contributed by atoms with Gasteiger partial charge in [0.15, 0.2) is 0 Å². The predicted octanol–water partition coefficient (Wildman–Crippen LogP) is 1.67. The molecule has 0 fully saturated rings. The molecule has 0 heterocycles. The smallest absolute Gasteiger partial charge is 0.0277 e. The summed E-state index contributed by atoms with van der Waals surface area (Å²) in [5.74, 6) is 0. The zero-order chi connectivity index (χ0) is 7.28. The third kappa shape index (κ3) is 2.80. The lowest BCUT2D eigenvalue weighted by atomic mass is 10.2. The number of hydrogen-bond donors (Lipinski definition) is 1. The average Bonchev–Trinajstić information content (AvgIpc) is 1.87. The molecule has 0 aromatic heterocycles. The van der Waals surface area contributed by atoms with Crippen LogP contribution in [0.3, 0.4) is 0 Å². The fraction of sp³-hybridized carbons (Fsp3) is 0.429. The summed E-state index contributed by atoms with van der Waals surface area (Å²) < 4.78 is 0. The highest BCUT2D eigenvalue weighted by atomic mass is 14.6. The van der Waals surface area contributed by atoms with Crippen molar-refractivity contribution in [3.05, 3.63) is 11.1 Å². The summed E-state index contributed by atoms with van der Waals surface area (Å²) in [6.07, 6.45) is 3.08. The standard InChI is InChI=1S/C7H12N2/c1-6(4-8)7(2)5-9-3/h4-5,8H,1-3H3/b7-6-,8-4?,9-5?. The second-order valence-corrected chi connectivity index (χ2v) is 1.90. The maximum Gasteiger partial charge on any atom is 0.0277 e. The SMILES string of the molecule is CN=C/C(C)=C(/C)C=N. The Morgan fingerprint density at radius 3 is 2.22 bits per heavy atom. The second kappa shape index (κ2) is 4.01. The minimum atomic E-state index is 0.959. The van der Waals surface area contributed by atoms with Crippen LogP contribution < -0.4 is 0 Å². The Morgan fingerprint density at radius 1 is 1.33 bits per heavy atom. The summed E-state index contributed by atoms with van der Waals surface area (Å²) in [4.78, 5) is 3.82. The minimum Gasteiger partial charge on any atom is -0.308 e. The Balaban J connectivity index is 4.27. The van der Waals surface area contributed by atoms with Gasteiger partial charge in [0.25, 0.3) is 0 Å². The zero-order valence-corrected chi connectivity index (χ0v) is 6.10. The molecule has 0 aromatic rings. The topological polar surface area (TPSA) is 36.2 Å². The molecule has 9 heavy (non-hydrogen) atoms. The van der Waals surface area contributed by atoms with E-state index in [0.717, 1.165) is 11.1 Å². The monoisotopic (exact) mass is 124 g/mol. The molecule has 0 radical (unpaired) electrons. The first-order chi connectivity index (χ1) is 4.22. The van der Waals surface area contributed by atoms with Gasteiger partial charge in [-0.1, -0.05) is 0 Å².